The molecular weight excluding hydrogens is 138 g/mol. The molecule has 11 heavy (non-hydrogen) atoms. The van der Waals surface area contributed by atoms with Gasteiger partial charge < -0.3 is 4.52 Å². The van der Waals surface area contributed by atoms with Gasteiger partial charge in [0.05, 0.1) is 6.20 Å². The Morgan fingerprint density at radius 3 is 3.09 bits per heavy atom. The van der Waals surface area contributed by atoms with E-state index in [1.165, 1.54) is 0 Å². The summed E-state index contributed by atoms with van der Waals surface area (Å²) < 4.78 is 4.97. The maximum atomic E-state index is 4.97. The summed E-state index contributed by atoms with van der Waals surface area (Å²) in [7, 11) is 0. The lowest BCUT2D eigenvalue weighted by atomic mass is 10.1. The summed E-state index contributed by atoms with van der Waals surface area (Å²) in [5, 5.41) is 3.62. The molecule has 1 aromatic rings. The highest BCUT2D eigenvalue weighted by molar-refractivity contribution is 5.62. The Labute approximate surface area is 66.2 Å². The molecule has 0 atom stereocenters. The van der Waals surface area contributed by atoms with Gasteiger partial charge in [-0.3, -0.25) is 0 Å². The van der Waals surface area contributed by atoms with E-state index in [2.05, 4.69) is 18.7 Å². The Bertz CT molecular complexity index is 247. The average Bonchev–Trinajstić information content (AvgIpc) is 2.52. The molecule has 0 fully saturated rings. The Morgan fingerprint density at radius 2 is 2.64 bits per heavy atom. The lowest BCUT2D eigenvalue weighted by Gasteiger charge is -1.94. The number of rotatable bonds is 3. The van der Waals surface area contributed by atoms with Crippen molar-refractivity contribution in [1.82, 2.24) is 5.16 Å². The van der Waals surface area contributed by atoms with E-state index < -0.39 is 0 Å². The van der Waals surface area contributed by atoms with E-state index in [-0.39, 0.29) is 0 Å². The van der Waals surface area contributed by atoms with Gasteiger partial charge in [-0.05, 0) is 12.0 Å². The maximum Gasteiger partial charge on any atom is 0.162 e. The van der Waals surface area contributed by atoms with E-state index in [9.17, 15) is 0 Å². The first-order valence-electron chi connectivity index (χ1n) is 3.61. The fraction of sp³-hybridized carbons (Fsp3) is 0.222. The van der Waals surface area contributed by atoms with Gasteiger partial charge in [-0.15, -0.1) is 0 Å². The van der Waals surface area contributed by atoms with Crippen LogP contribution in [0.2, 0.25) is 0 Å². The molecule has 0 saturated carbocycles. The molecule has 0 amide bonds. The van der Waals surface area contributed by atoms with Crippen molar-refractivity contribution in [3.05, 3.63) is 36.8 Å². The van der Waals surface area contributed by atoms with Gasteiger partial charge in [0, 0.05) is 6.07 Å². The number of allylic oxidation sites excluding steroid dienone is 3. The second-order valence-electron chi connectivity index (χ2n) is 2.16. The van der Waals surface area contributed by atoms with Crippen molar-refractivity contribution >= 4 is 5.57 Å². The molecule has 58 valence electrons. The molecule has 0 saturated heterocycles. The van der Waals surface area contributed by atoms with Crippen LogP contribution in [0.5, 0.6) is 0 Å². The number of hydrogen-bond donors (Lipinski definition) is 0. The second kappa shape index (κ2) is 3.76. The van der Waals surface area contributed by atoms with Crippen LogP contribution < -0.4 is 0 Å². The number of nitrogens with zero attached hydrogens (tertiary/aromatic N) is 1. The molecule has 2 nitrogen and oxygen atoms in total. The predicted octanol–water partition coefficient (Wildman–Crippen LogP) is 2.65. The van der Waals surface area contributed by atoms with E-state index in [0.29, 0.717) is 0 Å². The Kier molecular flexibility index (Phi) is 2.66. The lowest BCUT2D eigenvalue weighted by molar-refractivity contribution is 0.409. The van der Waals surface area contributed by atoms with Gasteiger partial charge in [0.15, 0.2) is 5.76 Å². The Balaban J connectivity index is 2.88. The normalized spacial score (nSPS) is 11.5. The van der Waals surface area contributed by atoms with E-state index in [1.807, 2.05) is 12.1 Å². The minimum absolute atomic E-state index is 0.826. The molecule has 0 unspecified atom stereocenters. The minimum Gasteiger partial charge on any atom is -0.357 e. The molecule has 1 aromatic heterocycles. The third-order valence-electron chi connectivity index (χ3n) is 1.45. The molecular formula is C9H11NO. The van der Waals surface area contributed by atoms with Crippen LogP contribution in [0.25, 0.3) is 5.57 Å². The molecule has 0 N–H and O–H groups in total. The van der Waals surface area contributed by atoms with Gasteiger partial charge in [-0.1, -0.05) is 30.8 Å². The molecule has 1 heterocycles. The van der Waals surface area contributed by atoms with Crippen molar-refractivity contribution in [3.63, 3.8) is 0 Å². The fourth-order valence-corrected chi connectivity index (χ4v) is 0.898. The molecule has 0 aliphatic carbocycles. The van der Waals surface area contributed by atoms with Crippen LogP contribution in [-0.2, 0) is 0 Å². The SMILES string of the molecule is C=C/C=C(\CC)c1ccno1. The topological polar surface area (TPSA) is 26.0 Å². The first-order chi connectivity index (χ1) is 5.38. The van der Waals surface area contributed by atoms with Crippen LogP contribution in [0.3, 0.4) is 0 Å². The Morgan fingerprint density at radius 1 is 1.82 bits per heavy atom. The maximum absolute atomic E-state index is 4.97. The highest BCUT2D eigenvalue weighted by Gasteiger charge is 2.00. The van der Waals surface area contributed by atoms with Crippen LogP contribution in [0, 0.1) is 0 Å². The monoisotopic (exact) mass is 149 g/mol. The van der Waals surface area contributed by atoms with Crippen LogP contribution in [0.1, 0.15) is 19.1 Å². The summed E-state index contributed by atoms with van der Waals surface area (Å²) in [4.78, 5) is 0. The highest BCUT2D eigenvalue weighted by atomic mass is 16.5. The summed E-state index contributed by atoms with van der Waals surface area (Å²) >= 11 is 0. The molecule has 0 aromatic carbocycles. The number of aromatic nitrogens is 1. The first kappa shape index (κ1) is 7.79. The fourth-order valence-electron chi connectivity index (χ4n) is 0.898. The highest BCUT2D eigenvalue weighted by Crippen LogP contribution is 2.16. The molecule has 0 aliphatic rings. The Hall–Kier alpha value is -1.31. The van der Waals surface area contributed by atoms with Crippen molar-refractivity contribution in [2.45, 2.75) is 13.3 Å². The predicted molar refractivity (Wildman–Crippen MR) is 45.0 cm³/mol. The molecule has 0 radical (unpaired) electrons. The van der Waals surface area contributed by atoms with Gasteiger partial charge in [0.2, 0.25) is 0 Å². The summed E-state index contributed by atoms with van der Waals surface area (Å²) in [5.74, 6) is 0.826. The van der Waals surface area contributed by atoms with E-state index >= 15 is 0 Å². The van der Waals surface area contributed by atoms with Crippen molar-refractivity contribution in [2.75, 3.05) is 0 Å². The van der Waals surface area contributed by atoms with Gasteiger partial charge in [-0.2, -0.15) is 0 Å². The molecule has 2 heteroatoms. The van der Waals surface area contributed by atoms with Crippen molar-refractivity contribution in [2.24, 2.45) is 0 Å². The van der Waals surface area contributed by atoms with Gasteiger partial charge >= 0.3 is 0 Å². The van der Waals surface area contributed by atoms with Gasteiger partial charge in [0.25, 0.3) is 0 Å². The summed E-state index contributed by atoms with van der Waals surface area (Å²) in [5.41, 5.74) is 1.12. The zero-order valence-electron chi connectivity index (χ0n) is 6.58. The molecule has 0 aliphatic heterocycles. The lowest BCUT2D eigenvalue weighted by Crippen LogP contribution is -1.76. The van der Waals surface area contributed by atoms with Crippen molar-refractivity contribution in [3.8, 4) is 0 Å². The zero-order valence-corrected chi connectivity index (χ0v) is 6.58. The molecule has 1 rings (SSSR count). The van der Waals surface area contributed by atoms with Crippen molar-refractivity contribution in [1.29, 1.82) is 0 Å². The van der Waals surface area contributed by atoms with E-state index in [4.69, 9.17) is 4.52 Å². The zero-order chi connectivity index (χ0) is 8.10. The second-order valence-corrected chi connectivity index (χ2v) is 2.16. The average molecular weight is 149 g/mol. The smallest absolute Gasteiger partial charge is 0.162 e. The third-order valence-corrected chi connectivity index (χ3v) is 1.45. The van der Waals surface area contributed by atoms with Crippen LogP contribution in [0.15, 0.2) is 35.5 Å². The van der Waals surface area contributed by atoms with Crippen LogP contribution in [-0.4, -0.2) is 5.16 Å². The van der Waals surface area contributed by atoms with Crippen LogP contribution in [0.4, 0.5) is 0 Å². The van der Waals surface area contributed by atoms with Crippen LogP contribution >= 0.6 is 0 Å². The molecule has 0 bridgehead atoms. The quantitative estimate of drug-likeness (QED) is 0.617. The third kappa shape index (κ3) is 1.80. The summed E-state index contributed by atoms with van der Waals surface area (Å²) in [6.07, 6.45) is 6.25. The van der Waals surface area contributed by atoms with Gasteiger partial charge in [-0.25, -0.2) is 0 Å². The van der Waals surface area contributed by atoms with Crippen molar-refractivity contribution < 1.29 is 4.52 Å². The first-order valence-corrected chi connectivity index (χ1v) is 3.61. The summed E-state index contributed by atoms with van der Waals surface area (Å²) in [6.45, 7) is 5.69. The standard InChI is InChI=1S/C9H11NO/c1-3-5-8(4-2)9-6-7-10-11-9/h3,5-7H,1,4H2,2H3/b8-5+. The summed E-state index contributed by atoms with van der Waals surface area (Å²) in [6, 6.07) is 1.85. The number of hydrogen-bond acceptors (Lipinski definition) is 2. The van der Waals surface area contributed by atoms with Gasteiger partial charge in [0.1, 0.15) is 0 Å². The van der Waals surface area contributed by atoms with E-state index in [0.717, 1.165) is 17.8 Å². The van der Waals surface area contributed by atoms with E-state index in [1.54, 1.807) is 12.3 Å². The molecule has 0 spiro atoms. The largest absolute Gasteiger partial charge is 0.357 e. The minimum atomic E-state index is 0.826.